The van der Waals surface area contributed by atoms with E-state index >= 15 is 0 Å². The van der Waals surface area contributed by atoms with Crippen molar-refractivity contribution >= 4 is 28.5 Å². The number of aliphatic hydroxyl groups excluding tert-OH is 1. The Hall–Kier alpha value is -2.93. The Bertz CT molecular complexity index is 1170. The summed E-state index contributed by atoms with van der Waals surface area (Å²) < 4.78 is 2.12. The van der Waals surface area contributed by atoms with Gasteiger partial charge in [0.1, 0.15) is 18.7 Å². The minimum atomic E-state index is 0.231. The number of quaternary nitrogens is 1. The molecule has 0 radical (unpaired) electrons. The molecule has 3 heterocycles. The van der Waals surface area contributed by atoms with Crippen LogP contribution in [0.25, 0.3) is 27.8 Å². The first kappa shape index (κ1) is 20.0. The lowest BCUT2D eigenvalue weighted by molar-refractivity contribution is -0.900. The lowest BCUT2D eigenvalue weighted by atomic mass is 10.1. The number of fused-ring (bicyclic) bond motifs is 1. The van der Waals surface area contributed by atoms with E-state index in [1.165, 1.54) is 4.90 Å². The molecule has 2 N–H and O–H groups in total. The normalized spacial score (nSPS) is 15.0. The van der Waals surface area contributed by atoms with Crippen LogP contribution < -0.4 is 9.80 Å². The molecular weight excluding hydrogens is 410 g/mol. The summed E-state index contributed by atoms with van der Waals surface area (Å²) in [5.74, 6) is 0.972. The zero-order valence-corrected chi connectivity index (χ0v) is 18.0. The largest absolute Gasteiger partial charge is 0.391 e. The molecule has 2 aromatic carbocycles. The molecule has 0 unspecified atom stereocenters. The van der Waals surface area contributed by atoms with Crippen molar-refractivity contribution in [2.24, 2.45) is 0 Å². The fourth-order valence-electron chi connectivity index (χ4n) is 4.36. The predicted octanol–water partition coefficient (Wildman–Crippen LogP) is 2.44. The SMILES string of the molecule is OCC[NH+]1CCN(c2ncnc3c2c(-c2ccccc2)cn3-c2ccc(Cl)cc2)CC1. The second-order valence-corrected chi connectivity index (χ2v) is 8.30. The monoisotopic (exact) mass is 434 g/mol. The molecule has 1 saturated heterocycles. The van der Waals surface area contributed by atoms with Crippen molar-refractivity contribution in [1.29, 1.82) is 0 Å². The van der Waals surface area contributed by atoms with Gasteiger partial charge in [-0.25, -0.2) is 9.97 Å². The Balaban J connectivity index is 1.65. The quantitative estimate of drug-likeness (QED) is 0.506. The van der Waals surface area contributed by atoms with Gasteiger partial charge in [0.25, 0.3) is 0 Å². The summed E-state index contributed by atoms with van der Waals surface area (Å²) in [5, 5.41) is 11.0. The molecule has 0 amide bonds. The van der Waals surface area contributed by atoms with Gasteiger partial charge in [-0.15, -0.1) is 0 Å². The Morgan fingerprint density at radius 2 is 1.71 bits per heavy atom. The molecule has 7 heteroatoms. The van der Waals surface area contributed by atoms with E-state index in [0.29, 0.717) is 5.02 Å². The number of halogens is 1. The van der Waals surface area contributed by atoms with Crippen LogP contribution in [-0.4, -0.2) is 59.0 Å². The number of aliphatic hydroxyl groups is 1. The number of piperazine rings is 1. The zero-order valence-electron chi connectivity index (χ0n) is 17.2. The highest BCUT2D eigenvalue weighted by molar-refractivity contribution is 6.30. The fraction of sp³-hybridized carbons (Fsp3) is 0.250. The Kier molecular flexibility index (Phi) is 5.59. The van der Waals surface area contributed by atoms with Gasteiger partial charge in [-0.05, 0) is 29.8 Å². The molecule has 0 saturated carbocycles. The minimum Gasteiger partial charge on any atom is -0.391 e. The summed E-state index contributed by atoms with van der Waals surface area (Å²) in [7, 11) is 0. The average Bonchev–Trinajstić information content (AvgIpc) is 3.21. The lowest BCUT2D eigenvalue weighted by Gasteiger charge is -2.33. The molecule has 1 aliphatic rings. The maximum Gasteiger partial charge on any atom is 0.150 e. The number of anilines is 1. The highest BCUT2D eigenvalue weighted by Gasteiger charge is 2.25. The van der Waals surface area contributed by atoms with E-state index < -0.39 is 0 Å². The molecule has 2 aromatic heterocycles. The molecule has 158 valence electrons. The van der Waals surface area contributed by atoms with Gasteiger partial charge >= 0.3 is 0 Å². The van der Waals surface area contributed by atoms with Gasteiger partial charge in [-0.2, -0.15) is 0 Å². The first-order chi connectivity index (χ1) is 15.2. The van der Waals surface area contributed by atoms with Gasteiger partial charge in [0, 0.05) is 22.5 Å². The second kappa shape index (κ2) is 8.67. The van der Waals surface area contributed by atoms with E-state index in [0.717, 1.165) is 66.4 Å². The maximum atomic E-state index is 9.27. The highest BCUT2D eigenvalue weighted by Crippen LogP contribution is 2.36. The van der Waals surface area contributed by atoms with Crippen LogP contribution >= 0.6 is 11.6 Å². The standard InChI is InChI=1S/C24H24ClN5O/c25-19-6-8-20(9-7-19)30-16-21(18-4-2-1-3-5-18)22-23(26-17-27-24(22)30)29-12-10-28(11-13-29)14-15-31/h1-9,16-17,31H,10-15H2/p+1. The third kappa shape index (κ3) is 3.90. The molecule has 31 heavy (non-hydrogen) atoms. The Labute approximate surface area is 186 Å². The summed E-state index contributed by atoms with van der Waals surface area (Å²) in [5.41, 5.74) is 4.15. The zero-order chi connectivity index (χ0) is 21.2. The molecule has 6 nitrogen and oxygen atoms in total. The molecule has 0 spiro atoms. The number of rotatable bonds is 5. The summed E-state index contributed by atoms with van der Waals surface area (Å²) >= 11 is 6.12. The molecule has 4 aromatic rings. The number of aromatic nitrogens is 3. The van der Waals surface area contributed by atoms with Gasteiger partial charge in [0.2, 0.25) is 0 Å². The third-order valence-corrected chi connectivity index (χ3v) is 6.24. The maximum absolute atomic E-state index is 9.27. The Morgan fingerprint density at radius 1 is 0.968 bits per heavy atom. The second-order valence-electron chi connectivity index (χ2n) is 7.86. The van der Waals surface area contributed by atoms with Crippen LogP contribution in [0, 0.1) is 0 Å². The predicted molar refractivity (Wildman–Crippen MR) is 124 cm³/mol. The number of nitrogens with zero attached hydrogens (tertiary/aromatic N) is 4. The van der Waals surface area contributed by atoms with Crippen LogP contribution in [0.2, 0.25) is 5.02 Å². The summed E-state index contributed by atoms with van der Waals surface area (Å²) in [6, 6.07) is 18.2. The average molecular weight is 435 g/mol. The van der Waals surface area contributed by atoms with E-state index in [4.69, 9.17) is 16.6 Å². The molecule has 1 aliphatic heterocycles. The number of benzene rings is 2. The highest BCUT2D eigenvalue weighted by atomic mass is 35.5. The van der Waals surface area contributed by atoms with Gasteiger partial charge in [-0.3, -0.25) is 0 Å². The number of nitrogens with one attached hydrogen (secondary N) is 1. The summed E-state index contributed by atoms with van der Waals surface area (Å²) in [4.78, 5) is 13.2. The van der Waals surface area contributed by atoms with Gasteiger partial charge in [0.05, 0.1) is 38.2 Å². The van der Waals surface area contributed by atoms with Crippen LogP contribution in [0.3, 0.4) is 0 Å². The fourth-order valence-corrected chi connectivity index (χ4v) is 4.49. The lowest BCUT2D eigenvalue weighted by Crippen LogP contribution is -3.15. The van der Waals surface area contributed by atoms with E-state index in [9.17, 15) is 5.11 Å². The molecular formula is C24H25ClN5O+. The third-order valence-electron chi connectivity index (χ3n) is 5.99. The molecule has 0 bridgehead atoms. The molecule has 5 rings (SSSR count). The summed E-state index contributed by atoms with van der Waals surface area (Å²) in [6.07, 6.45) is 3.81. The van der Waals surface area contributed by atoms with Gasteiger partial charge in [-0.1, -0.05) is 41.9 Å². The molecule has 0 aliphatic carbocycles. The van der Waals surface area contributed by atoms with Gasteiger partial charge < -0.3 is 19.5 Å². The van der Waals surface area contributed by atoms with E-state index in [1.807, 2.05) is 30.3 Å². The van der Waals surface area contributed by atoms with Crippen LogP contribution in [0.4, 0.5) is 5.82 Å². The van der Waals surface area contributed by atoms with Crippen LogP contribution in [0.15, 0.2) is 67.1 Å². The van der Waals surface area contributed by atoms with Crippen LogP contribution in [0.1, 0.15) is 0 Å². The van der Waals surface area contributed by atoms with Crippen LogP contribution in [-0.2, 0) is 0 Å². The van der Waals surface area contributed by atoms with E-state index in [-0.39, 0.29) is 6.61 Å². The van der Waals surface area contributed by atoms with Crippen molar-refractivity contribution in [3.05, 3.63) is 72.1 Å². The van der Waals surface area contributed by atoms with E-state index in [2.05, 4.69) is 44.9 Å². The van der Waals surface area contributed by atoms with Gasteiger partial charge in [0.15, 0.2) is 5.65 Å². The first-order valence-electron chi connectivity index (χ1n) is 10.6. The van der Waals surface area contributed by atoms with Crippen molar-refractivity contribution in [2.45, 2.75) is 0 Å². The molecule has 1 fully saturated rings. The van der Waals surface area contributed by atoms with Crippen molar-refractivity contribution in [1.82, 2.24) is 14.5 Å². The van der Waals surface area contributed by atoms with Crippen molar-refractivity contribution in [3.63, 3.8) is 0 Å². The van der Waals surface area contributed by atoms with Crippen LogP contribution in [0.5, 0.6) is 0 Å². The number of hydrogen-bond donors (Lipinski definition) is 2. The van der Waals surface area contributed by atoms with Crippen molar-refractivity contribution in [3.8, 4) is 16.8 Å². The smallest absolute Gasteiger partial charge is 0.150 e. The Morgan fingerprint density at radius 3 is 2.42 bits per heavy atom. The van der Waals surface area contributed by atoms with Crippen molar-refractivity contribution in [2.75, 3.05) is 44.2 Å². The molecule has 0 atom stereocenters. The topological polar surface area (TPSA) is 58.6 Å². The first-order valence-corrected chi connectivity index (χ1v) is 11.0. The minimum absolute atomic E-state index is 0.231. The van der Waals surface area contributed by atoms with Crippen molar-refractivity contribution < 1.29 is 10.0 Å². The number of hydrogen-bond acceptors (Lipinski definition) is 4. The summed E-state index contributed by atoms with van der Waals surface area (Å²) in [6.45, 7) is 4.82. The van der Waals surface area contributed by atoms with E-state index in [1.54, 1.807) is 6.33 Å².